The molecule has 0 fully saturated rings. The third-order valence-electron chi connectivity index (χ3n) is 2.60. The number of aryl methyl sites for hydroxylation is 2. The van der Waals surface area contributed by atoms with E-state index in [2.05, 4.69) is 4.98 Å². The summed E-state index contributed by atoms with van der Waals surface area (Å²) in [7, 11) is 0. The van der Waals surface area contributed by atoms with Gasteiger partial charge in [0.05, 0.1) is 12.2 Å². The number of aromatic nitrogens is 2. The lowest BCUT2D eigenvalue weighted by Crippen LogP contribution is -2.16. The molecule has 0 amide bonds. The van der Waals surface area contributed by atoms with Crippen LogP contribution in [0.25, 0.3) is 0 Å². The molecule has 0 aliphatic heterocycles. The van der Waals surface area contributed by atoms with Gasteiger partial charge >= 0.3 is 5.97 Å². The fraction of sp³-hybridized carbons (Fsp3) is 0.250. The molecular formula is C12H12N2O4. The molecule has 0 aliphatic carbocycles. The fourth-order valence-electron chi connectivity index (χ4n) is 1.55. The number of aromatic carboxylic acids is 1. The number of hydrogen-bond acceptors (Lipinski definition) is 4. The summed E-state index contributed by atoms with van der Waals surface area (Å²) in [6, 6.07) is 1.21. The first kappa shape index (κ1) is 12.1. The van der Waals surface area contributed by atoms with Gasteiger partial charge in [0.2, 0.25) is 5.89 Å². The summed E-state index contributed by atoms with van der Waals surface area (Å²) in [6.45, 7) is 3.92. The van der Waals surface area contributed by atoms with Gasteiger partial charge in [0.25, 0.3) is 0 Å². The summed E-state index contributed by atoms with van der Waals surface area (Å²) in [5.74, 6) is -0.0383. The molecule has 0 unspecified atom stereocenters. The van der Waals surface area contributed by atoms with Gasteiger partial charge in [-0.1, -0.05) is 0 Å². The van der Waals surface area contributed by atoms with Gasteiger partial charge in [0.15, 0.2) is 5.43 Å². The second kappa shape index (κ2) is 4.48. The van der Waals surface area contributed by atoms with Crippen LogP contribution in [0.2, 0.25) is 0 Å². The van der Waals surface area contributed by atoms with Crippen LogP contribution in [0.15, 0.2) is 27.7 Å². The molecule has 2 aromatic rings. The number of carbonyl (C=O) groups is 1. The molecule has 2 aromatic heterocycles. The minimum absolute atomic E-state index is 0.266. The Hall–Kier alpha value is -2.37. The summed E-state index contributed by atoms with van der Waals surface area (Å²) in [5.41, 5.74) is 0.0144. The van der Waals surface area contributed by atoms with E-state index in [-0.39, 0.29) is 12.1 Å². The van der Waals surface area contributed by atoms with Crippen molar-refractivity contribution in [3.8, 4) is 0 Å². The number of carboxylic acids is 1. The molecular weight excluding hydrogens is 236 g/mol. The maximum atomic E-state index is 11.3. The van der Waals surface area contributed by atoms with Gasteiger partial charge in [-0.3, -0.25) is 4.79 Å². The molecule has 0 bridgehead atoms. The van der Waals surface area contributed by atoms with Crippen molar-refractivity contribution in [1.82, 2.24) is 9.55 Å². The van der Waals surface area contributed by atoms with E-state index >= 15 is 0 Å². The molecule has 0 spiro atoms. The van der Waals surface area contributed by atoms with E-state index in [1.165, 1.54) is 18.5 Å². The van der Waals surface area contributed by atoms with E-state index in [0.717, 1.165) is 11.5 Å². The van der Waals surface area contributed by atoms with Crippen molar-refractivity contribution in [2.75, 3.05) is 0 Å². The zero-order valence-electron chi connectivity index (χ0n) is 10.0. The lowest BCUT2D eigenvalue weighted by molar-refractivity contribution is 0.0694. The van der Waals surface area contributed by atoms with Crippen LogP contribution >= 0.6 is 0 Å². The Labute approximate surface area is 103 Å². The van der Waals surface area contributed by atoms with Crippen LogP contribution in [0.3, 0.4) is 0 Å². The lowest BCUT2D eigenvalue weighted by Gasteiger charge is -2.03. The van der Waals surface area contributed by atoms with Crippen molar-refractivity contribution in [1.29, 1.82) is 0 Å². The van der Waals surface area contributed by atoms with Gasteiger partial charge in [-0.2, -0.15) is 0 Å². The summed E-state index contributed by atoms with van der Waals surface area (Å²) in [6.07, 6.45) is 2.78. The fourth-order valence-corrected chi connectivity index (χ4v) is 1.55. The van der Waals surface area contributed by atoms with Crippen LogP contribution in [-0.2, 0) is 6.54 Å². The zero-order chi connectivity index (χ0) is 13.3. The van der Waals surface area contributed by atoms with Crippen molar-refractivity contribution in [3.63, 3.8) is 0 Å². The number of carboxylic acid groups (broad SMARTS) is 1. The molecule has 18 heavy (non-hydrogen) atoms. The maximum Gasteiger partial charge on any atom is 0.341 e. The second-order valence-corrected chi connectivity index (χ2v) is 3.95. The first-order valence-electron chi connectivity index (χ1n) is 5.33. The highest BCUT2D eigenvalue weighted by molar-refractivity contribution is 5.86. The molecule has 1 N–H and O–H groups in total. The van der Waals surface area contributed by atoms with Gasteiger partial charge in [-0.15, -0.1) is 0 Å². The molecule has 0 aliphatic rings. The minimum Gasteiger partial charge on any atom is -0.477 e. The number of nitrogens with zero attached hydrogens (tertiary/aromatic N) is 2. The average molecular weight is 248 g/mol. The number of rotatable bonds is 3. The van der Waals surface area contributed by atoms with E-state index < -0.39 is 11.4 Å². The summed E-state index contributed by atoms with van der Waals surface area (Å²) in [5, 5.41) is 8.85. The third kappa shape index (κ3) is 2.32. The molecule has 0 aromatic carbocycles. The Morgan fingerprint density at radius 1 is 1.50 bits per heavy atom. The highest BCUT2D eigenvalue weighted by atomic mass is 16.4. The van der Waals surface area contributed by atoms with Gasteiger partial charge in [0, 0.05) is 18.5 Å². The SMILES string of the molecule is Cc1nc(Cn2ccc(=O)c(C(=O)O)c2)oc1C. The molecule has 94 valence electrons. The molecule has 2 rings (SSSR count). The van der Waals surface area contributed by atoms with Crippen LogP contribution < -0.4 is 5.43 Å². The summed E-state index contributed by atoms with van der Waals surface area (Å²) < 4.78 is 6.94. The van der Waals surface area contributed by atoms with E-state index in [9.17, 15) is 9.59 Å². The highest BCUT2D eigenvalue weighted by Crippen LogP contribution is 2.09. The van der Waals surface area contributed by atoms with Crippen LogP contribution in [0.4, 0.5) is 0 Å². The van der Waals surface area contributed by atoms with Gasteiger partial charge in [-0.05, 0) is 13.8 Å². The normalized spacial score (nSPS) is 10.6. The number of pyridine rings is 1. The van der Waals surface area contributed by atoms with E-state index in [1.54, 1.807) is 11.5 Å². The quantitative estimate of drug-likeness (QED) is 0.882. The van der Waals surface area contributed by atoms with E-state index in [4.69, 9.17) is 9.52 Å². The largest absolute Gasteiger partial charge is 0.477 e. The van der Waals surface area contributed by atoms with Crippen molar-refractivity contribution in [3.05, 3.63) is 51.6 Å². The van der Waals surface area contributed by atoms with E-state index in [0.29, 0.717) is 5.89 Å². The van der Waals surface area contributed by atoms with Crippen LogP contribution in [0, 0.1) is 13.8 Å². The molecule has 0 atom stereocenters. The zero-order valence-corrected chi connectivity index (χ0v) is 10.0. The van der Waals surface area contributed by atoms with E-state index in [1.807, 2.05) is 6.92 Å². The Kier molecular flexibility index (Phi) is 3.01. The van der Waals surface area contributed by atoms with Crippen molar-refractivity contribution in [2.24, 2.45) is 0 Å². The van der Waals surface area contributed by atoms with Crippen LogP contribution in [-0.4, -0.2) is 20.6 Å². The van der Waals surface area contributed by atoms with Gasteiger partial charge in [-0.25, -0.2) is 9.78 Å². The van der Waals surface area contributed by atoms with Crippen LogP contribution in [0.1, 0.15) is 27.7 Å². The first-order chi connectivity index (χ1) is 8.47. The smallest absolute Gasteiger partial charge is 0.341 e. The molecule has 0 radical (unpaired) electrons. The van der Waals surface area contributed by atoms with Gasteiger partial charge in [0.1, 0.15) is 11.3 Å². The molecule has 6 heteroatoms. The summed E-state index contributed by atoms with van der Waals surface area (Å²) >= 11 is 0. The minimum atomic E-state index is -1.24. The Morgan fingerprint density at radius 3 is 2.78 bits per heavy atom. The summed E-state index contributed by atoms with van der Waals surface area (Å²) in [4.78, 5) is 26.3. The Bertz CT molecular complexity index is 635. The highest BCUT2D eigenvalue weighted by Gasteiger charge is 2.10. The van der Waals surface area contributed by atoms with Crippen LogP contribution in [0.5, 0.6) is 0 Å². The monoisotopic (exact) mass is 248 g/mol. The molecule has 2 heterocycles. The standard InChI is InChI=1S/C12H12N2O4/c1-7-8(2)18-11(13-7)6-14-4-3-10(15)9(5-14)12(16)17/h3-5H,6H2,1-2H3,(H,16,17). The van der Waals surface area contributed by atoms with Crippen molar-refractivity contribution < 1.29 is 14.3 Å². The maximum absolute atomic E-state index is 11.3. The first-order valence-corrected chi connectivity index (χ1v) is 5.33. The molecule has 0 saturated carbocycles. The Balaban J connectivity index is 2.32. The predicted molar refractivity (Wildman–Crippen MR) is 62.7 cm³/mol. The predicted octanol–water partition coefficient (Wildman–Crippen LogP) is 1.20. The Morgan fingerprint density at radius 2 is 2.22 bits per heavy atom. The lowest BCUT2D eigenvalue weighted by atomic mass is 10.3. The number of oxazole rings is 1. The average Bonchev–Trinajstić information content (AvgIpc) is 2.60. The second-order valence-electron chi connectivity index (χ2n) is 3.95. The van der Waals surface area contributed by atoms with Crippen molar-refractivity contribution in [2.45, 2.75) is 20.4 Å². The van der Waals surface area contributed by atoms with Gasteiger partial charge < -0.3 is 14.1 Å². The number of hydrogen-bond donors (Lipinski definition) is 1. The third-order valence-corrected chi connectivity index (χ3v) is 2.60. The molecule has 6 nitrogen and oxygen atoms in total. The van der Waals surface area contributed by atoms with Crippen molar-refractivity contribution >= 4 is 5.97 Å². The topological polar surface area (TPSA) is 85.3 Å². The molecule has 0 saturated heterocycles.